The lowest BCUT2D eigenvalue weighted by Crippen LogP contribution is -2.51. The molecular weight excluding hydrogens is 410 g/mol. The average molecular weight is 432 g/mol. The lowest BCUT2D eigenvalue weighted by molar-refractivity contribution is -0.142. The van der Waals surface area contributed by atoms with Crippen LogP contribution >= 0.6 is 11.6 Å². The third-order valence-corrected chi connectivity index (χ3v) is 5.06. The number of ether oxygens (including phenoxy) is 1. The first-order chi connectivity index (χ1) is 14.4. The summed E-state index contributed by atoms with van der Waals surface area (Å²) in [7, 11) is 0. The second-order valence-electron chi connectivity index (χ2n) is 6.98. The van der Waals surface area contributed by atoms with Gasteiger partial charge >= 0.3 is 12.1 Å². The number of hydrogen-bond acceptors (Lipinski definition) is 5. The largest absolute Gasteiger partial charge is 0.480 e. The molecule has 0 bridgehead atoms. The molecule has 1 saturated heterocycles. The van der Waals surface area contributed by atoms with Gasteiger partial charge in [0.1, 0.15) is 23.8 Å². The van der Waals surface area contributed by atoms with E-state index in [-0.39, 0.29) is 13.0 Å². The van der Waals surface area contributed by atoms with Gasteiger partial charge in [0, 0.05) is 19.2 Å². The number of hydrogen-bond donors (Lipinski definition) is 2. The monoisotopic (exact) mass is 431 g/mol. The van der Waals surface area contributed by atoms with Crippen LogP contribution in [0.5, 0.6) is 0 Å². The maximum atomic E-state index is 12.7. The number of likely N-dealkylation sites (tertiary alicyclic amines) is 1. The van der Waals surface area contributed by atoms with Gasteiger partial charge in [-0.25, -0.2) is 14.6 Å². The molecule has 0 saturated carbocycles. The molecule has 0 aliphatic carbocycles. The molecule has 158 valence electrons. The van der Waals surface area contributed by atoms with E-state index in [2.05, 4.69) is 10.3 Å². The smallest absolute Gasteiger partial charge is 0.410 e. The van der Waals surface area contributed by atoms with Gasteiger partial charge < -0.3 is 15.2 Å². The molecule has 2 heterocycles. The summed E-state index contributed by atoms with van der Waals surface area (Å²) in [4.78, 5) is 42.1. The molecule has 2 aromatic rings. The van der Waals surface area contributed by atoms with Crippen molar-refractivity contribution in [2.45, 2.75) is 38.0 Å². The number of nitrogens with zero attached hydrogens (tertiary/aromatic N) is 2. The molecule has 2 N–H and O–H groups in total. The summed E-state index contributed by atoms with van der Waals surface area (Å²) in [6, 6.07) is 10.5. The predicted molar refractivity (Wildman–Crippen MR) is 109 cm³/mol. The van der Waals surface area contributed by atoms with Crippen molar-refractivity contribution in [1.29, 1.82) is 0 Å². The van der Waals surface area contributed by atoms with Crippen molar-refractivity contribution >= 4 is 29.6 Å². The van der Waals surface area contributed by atoms with Gasteiger partial charge in [-0.3, -0.25) is 9.69 Å². The molecule has 1 fully saturated rings. The molecule has 1 aliphatic rings. The summed E-state index contributed by atoms with van der Waals surface area (Å²) in [5.41, 5.74) is 1.46. The standard InChI is InChI=1S/C21H22ClN3O5/c22-18-9-8-15(12-23-18)11-16(20(27)28)24-19(26)17-7-4-10-25(17)21(29)30-13-14-5-2-1-3-6-14/h1-3,5-6,8-9,12,16-17H,4,7,10-11,13H2,(H,24,26)(H,27,28)/t16-,17-/m1/s1. The molecule has 0 unspecified atom stereocenters. The number of nitrogens with one attached hydrogen (secondary N) is 1. The fourth-order valence-corrected chi connectivity index (χ4v) is 3.40. The summed E-state index contributed by atoms with van der Waals surface area (Å²) in [6.07, 6.45) is 2.01. The van der Waals surface area contributed by atoms with E-state index in [1.807, 2.05) is 30.3 Å². The van der Waals surface area contributed by atoms with Crippen LogP contribution in [0.25, 0.3) is 0 Å². The molecule has 2 amide bonds. The zero-order valence-corrected chi connectivity index (χ0v) is 16.9. The maximum absolute atomic E-state index is 12.7. The van der Waals surface area contributed by atoms with Crippen LogP contribution < -0.4 is 5.32 Å². The molecule has 3 rings (SSSR count). The third kappa shape index (κ3) is 5.70. The molecule has 0 radical (unpaired) electrons. The molecular formula is C21H22ClN3O5. The maximum Gasteiger partial charge on any atom is 0.410 e. The van der Waals surface area contributed by atoms with Crippen molar-refractivity contribution in [3.05, 3.63) is 64.9 Å². The second kappa shape index (κ2) is 10.1. The third-order valence-electron chi connectivity index (χ3n) is 4.84. The summed E-state index contributed by atoms with van der Waals surface area (Å²) in [5, 5.41) is 12.3. The minimum atomic E-state index is -1.17. The Morgan fingerprint density at radius 3 is 2.63 bits per heavy atom. The van der Waals surface area contributed by atoms with Crippen molar-refractivity contribution in [3.8, 4) is 0 Å². The number of pyridine rings is 1. The van der Waals surface area contributed by atoms with Gasteiger partial charge in [0.25, 0.3) is 0 Å². The number of benzene rings is 1. The highest BCUT2D eigenvalue weighted by Crippen LogP contribution is 2.19. The van der Waals surface area contributed by atoms with E-state index in [0.29, 0.717) is 30.1 Å². The number of aliphatic carboxylic acids is 1. The van der Waals surface area contributed by atoms with Crippen molar-refractivity contribution in [3.63, 3.8) is 0 Å². The highest BCUT2D eigenvalue weighted by atomic mass is 35.5. The van der Waals surface area contributed by atoms with E-state index < -0.39 is 30.1 Å². The Bertz CT molecular complexity index is 891. The number of aromatic nitrogens is 1. The highest BCUT2D eigenvalue weighted by Gasteiger charge is 2.36. The summed E-state index contributed by atoms with van der Waals surface area (Å²) in [5.74, 6) is -1.69. The van der Waals surface area contributed by atoms with Gasteiger partial charge in [-0.05, 0) is 30.0 Å². The van der Waals surface area contributed by atoms with Crippen molar-refractivity contribution in [2.75, 3.05) is 6.54 Å². The van der Waals surface area contributed by atoms with Crippen LogP contribution in [0, 0.1) is 0 Å². The lowest BCUT2D eigenvalue weighted by atomic mass is 10.1. The van der Waals surface area contributed by atoms with E-state index in [9.17, 15) is 19.5 Å². The molecule has 8 nitrogen and oxygen atoms in total. The minimum Gasteiger partial charge on any atom is -0.480 e. The number of carbonyl (C=O) groups is 3. The summed E-state index contributed by atoms with van der Waals surface area (Å²) >= 11 is 5.75. The fraction of sp³-hybridized carbons (Fsp3) is 0.333. The number of carboxylic acids is 1. The highest BCUT2D eigenvalue weighted by molar-refractivity contribution is 6.29. The average Bonchev–Trinajstić information content (AvgIpc) is 3.24. The first-order valence-electron chi connectivity index (χ1n) is 9.55. The first kappa shape index (κ1) is 21.6. The molecule has 1 aromatic heterocycles. The van der Waals surface area contributed by atoms with Gasteiger partial charge in [0.15, 0.2) is 0 Å². The quantitative estimate of drug-likeness (QED) is 0.652. The van der Waals surface area contributed by atoms with Gasteiger partial charge in [-0.15, -0.1) is 0 Å². The molecule has 1 aliphatic heterocycles. The van der Waals surface area contributed by atoms with Crippen LogP contribution in [0.2, 0.25) is 5.15 Å². The summed E-state index contributed by atoms with van der Waals surface area (Å²) in [6.45, 7) is 0.483. The van der Waals surface area contributed by atoms with Gasteiger partial charge in [-0.1, -0.05) is 48.0 Å². The first-order valence-corrected chi connectivity index (χ1v) is 9.93. The Hall–Kier alpha value is -3.13. The van der Waals surface area contributed by atoms with Crippen LogP contribution in [-0.2, 0) is 27.4 Å². The normalized spacial score (nSPS) is 16.7. The molecule has 9 heteroatoms. The van der Waals surface area contributed by atoms with Gasteiger partial charge in [0.2, 0.25) is 5.91 Å². The van der Waals surface area contributed by atoms with E-state index >= 15 is 0 Å². The zero-order chi connectivity index (χ0) is 21.5. The van der Waals surface area contributed by atoms with Crippen LogP contribution in [0.4, 0.5) is 4.79 Å². The summed E-state index contributed by atoms with van der Waals surface area (Å²) < 4.78 is 5.32. The molecule has 0 spiro atoms. The number of carbonyl (C=O) groups excluding carboxylic acids is 2. The number of amides is 2. The number of rotatable bonds is 7. The molecule has 2 atom stereocenters. The molecule has 30 heavy (non-hydrogen) atoms. The van der Waals surface area contributed by atoms with Crippen LogP contribution in [0.1, 0.15) is 24.0 Å². The SMILES string of the molecule is O=C(N[C@H](Cc1ccc(Cl)nc1)C(=O)O)[C@H]1CCCN1C(=O)OCc1ccccc1. The topological polar surface area (TPSA) is 109 Å². The van der Waals surface area contributed by atoms with Crippen LogP contribution in [-0.4, -0.2) is 51.6 Å². The Balaban J connectivity index is 1.59. The van der Waals surface area contributed by atoms with E-state index in [4.69, 9.17) is 16.3 Å². The van der Waals surface area contributed by atoms with Crippen LogP contribution in [0.15, 0.2) is 48.7 Å². The number of carboxylic acid groups (broad SMARTS) is 1. The van der Waals surface area contributed by atoms with Crippen molar-refractivity contribution < 1.29 is 24.2 Å². The zero-order valence-electron chi connectivity index (χ0n) is 16.2. The van der Waals surface area contributed by atoms with E-state index in [1.54, 1.807) is 12.1 Å². The second-order valence-corrected chi connectivity index (χ2v) is 7.37. The Labute approximate surface area is 178 Å². The van der Waals surface area contributed by atoms with Gasteiger partial charge in [0.05, 0.1) is 0 Å². The fourth-order valence-electron chi connectivity index (χ4n) is 3.29. The Morgan fingerprint density at radius 1 is 1.20 bits per heavy atom. The van der Waals surface area contributed by atoms with E-state index in [0.717, 1.165) is 5.56 Å². The van der Waals surface area contributed by atoms with Crippen molar-refractivity contribution in [1.82, 2.24) is 15.2 Å². The van der Waals surface area contributed by atoms with Gasteiger partial charge in [-0.2, -0.15) is 0 Å². The lowest BCUT2D eigenvalue weighted by Gasteiger charge is -2.25. The Kier molecular flexibility index (Phi) is 7.24. The van der Waals surface area contributed by atoms with E-state index in [1.165, 1.54) is 11.1 Å². The van der Waals surface area contributed by atoms with Crippen LogP contribution in [0.3, 0.4) is 0 Å². The predicted octanol–water partition coefficient (Wildman–Crippen LogP) is 2.65. The van der Waals surface area contributed by atoms with Crippen molar-refractivity contribution in [2.24, 2.45) is 0 Å². The minimum absolute atomic E-state index is 0.0520. The molecule has 1 aromatic carbocycles. The number of halogens is 1. The Morgan fingerprint density at radius 2 is 1.97 bits per heavy atom.